The average Bonchev–Trinajstić information content (AvgIpc) is 2.96. The fraction of sp³-hybridized carbons (Fsp3) is 1.00. The lowest BCUT2D eigenvalue weighted by Crippen LogP contribution is -2.57. The largest absolute Gasteiger partial charge is 0.285 e. The first-order valence-corrected chi connectivity index (χ1v) is 7.91. The summed E-state index contributed by atoms with van der Waals surface area (Å²) in [6.07, 6.45) is 13.9. The van der Waals surface area contributed by atoms with E-state index in [1.165, 1.54) is 70.9 Å². The standard InChI is InChI=1S/C15H28N2/c1-2-3-4-7-13-12-14-8-5-10-16(14)15-9-6-11-17(13)15/h13-15H,2-12H2,1H3/t13-,14+,15-/m0/s1. The van der Waals surface area contributed by atoms with Gasteiger partial charge in [0.25, 0.3) is 0 Å². The first-order valence-electron chi connectivity index (χ1n) is 7.91. The molecular formula is C15H28N2. The van der Waals surface area contributed by atoms with Crippen LogP contribution in [0.2, 0.25) is 0 Å². The molecule has 0 unspecified atom stereocenters. The molecule has 3 fully saturated rings. The molecule has 2 nitrogen and oxygen atoms in total. The number of unbranched alkanes of at least 4 members (excludes halogenated alkanes) is 2. The fourth-order valence-corrected chi connectivity index (χ4v) is 4.42. The molecule has 98 valence electrons. The first-order chi connectivity index (χ1) is 8.40. The van der Waals surface area contributed by atoms with Crippen molar-refractivity contribution in [2.75, 3.05) is 13.1 Å². The maximum absolute atomic E-state index is 2.86. The van der Waals surface area contributed by atoms with E-state index in [-0.39, 0.29) is 0 Å². The number of fused-ring (bicyclic) bond motifs is 3. The van der Waals surface area contributed by atoms with Crippen LogP contribution in [0.3, 0.4) is 0 Å². The molecular weight excluding hydrogens is 208 g/mol. The highest BCUT2D eigenvalue weighted by Gasteiger charge is 2.44. The first kappa shape index (κ1) is 12.0. The van der Waals surface area contributed by atoms with Crippen molar-refractivity contribution in [3.8, 4) is 0 Å². The molecule has 3 saturated heterocycles. The molecule has 0 aromatic heterocycles. The van der Waals surface area contributed by atoms with Crippen molar-refractivity contribution in [1.82, 2.24) is 9.80 Å². The molecule has 0 spiro atoms. The van der Waals surface area contributed by atoms with Crippen molar-refractivity contribution in [3.63, 3.8) is 0 Å². The van der Waals surface area contributed by atoms with Crippen LogP contribution in [0.5, 0.6) is 0 Å². The van der Waals surface area contributed by atoms with E-state index in [0.717, 1.165) is 18.2 Å². The van der Waals surface area contributed by atoms with Gasteiger partial charge < -0.3 is 0 Å². The maximum atomic E-state index is 2.86. The molecule has 0 aromatic carbocycles. The van der Waals surface area contributed by atoms with Crippen molar-refractivity contribution >= 4 is 0 Å². The molecule has 2 heteroatoms. The van der Waals surface area contributed by atoms with Gasteiger partial charge >= 0.3 is 0 Å². The molecule has 0 aliphatic carbocycles. The average molecular weight is 236 g/mol. The molecule has 0 saturated carbocycles. The minimum atomic E-state index is 0.836. The van der Waals surface area contributed by atoms with Gasteiger partial charge in [0.1, 0.15) is 0 Å². The van der Waals surface area contributed by atoms with Crippen LogP contribution in [-0.2, 0) is 0 Å². The van der Waals surface area contributed by atoms with E-state index >= 15 is 0 Å². The molecule has 0 aromatic rings. The molecule has 3 aliphatic heterocycles. The summed E-state index contributed by atoms with van der Waals surface area (Å²) in [4.78, 5) is 5.70. The summed E-state index contributed by atoms with van der Waals surface area (Å²) < 4.78 is 0. The summed E-state index contributed by atoms with van der Waals surface area (Å²) in [5.41, 5.74) is 0. The number of nitrogens with zero attached hydrogens (tertiary/aromatic N) is 2. The summed E-state index contributed by atoms with van der Waals surface area (Å²) in [5, 5.41) is 0. The Morgan fingerprint density at radius 2 is 1.82 bits per heavy atom. The molecule has 0 N–H and O–H groups in total. The van der Waals surface area contributed by atoms with E-state index in [9.17, 15) is 0 Å². The Labute approximate surface area is 106 Å². The van der Waals surface area contributed by atoms with Crippen molar-refractivity contribution in [3.05, 3.63) is 0 Å². The van der Waals surface area contributed by atoms with Crippen LogP contribution < -0.4 is 0 Å². The van der Waals surface area contributed by atoms with Gasteiger partial charge in [0.15, 0.2) is 0 Å². The van der Waals surface area contributed by atoms with Crippen LogP contribution >= 0.6 is 0 Å². The molecule has 3 atom stereocenters. The predicted octanol–water partition coefficient (Wildman–Crippen LogP) is 3.23. The lowest BCUT2D eigenvalue weighted by atomic mass is 9.95. The molecule has 3 heterocycles. The van der Waals surface area contributed by atoms with E-state index in [1.807, 2.05) is 0 Å². The SMILES string of the molecule is CCCCC[C@H]1C[C@H]2CCCN2[C@@H]2CCCN12. The summed E-state index contributed by atoms with van der Waals surface area (Å²) in [5.74, 6) is 0. The molecule has 3 rings (SSSR count). The monoisotopic (exact) mass is 236 g/mol. The topological polar surface area (TPSA) is 6.48 Å². The van der Waals surface area contributed by atoms with Crippen LogP contribution in [-0.4, -0.2) is 41.1 Å². The van der Waals surface area contributed by atoms with Gasteiger partial charge in [-0.15, -0.1) is 0 Å². The Kier molecular flexibility index (Phi) is 3.72. The maximum Gasteiger partial charge on any atom is 0.0627 e. The van der Waals surface area contributed by atoms with E-state index < -0.39 is 0 Å². The van der Waals surface area contributed by atoms with Crippen LogP contribution in [0.25, 0.3) is 0 Å². The van der Waals surface area contributed by atoms with E-state index in [0.29, 0.717) is 0 Å². The van der Waals surface area contributed by atoms with Gasteiger partial charge in [-0.2, -0.15) is 0 Å². The minimum absolute atomic E-state index is 0.836. The van der Waals surface area contributed by atoms with Crippen LogP contribution in [0, 0.1) is 0 Å². The Bertz CT molecular complexity index is 253. The fourth-order valence-electron chi connectivity index (χ4n) is 4.42. The number of hydrogen-bond donors (Lipinski definition) is 0. The molecule has 0 bridgehead atoms. The highest BCUT2D eigenvalue weighted by Crippen LogP contribution is 2.38. The van der Waals surface area contributed by atoms with Crippen molar-refractivity contribution < 1.29 is 0 Å². The van der Waals surface area contributed by atoms with Crippen LogP contribution in [0.4, 0.5) is 0 Å². The van der Waals surface area contributed by atoms with Gasteiger partial charge in [0.05, 0.1) is 6.17 Å². The highest BCUT2D eigenvalue weighted by atomic mass is 15.4. The van der Waals surface area contributed by atoms with Gasteiger partial charge in [-0.3, -0.25) is 9.80 Å². The van der Waals surface area contributed by atoms with Crippen LogP contribution in [0.15, 0.2) is 0 Å². The zero-order valence-corrected chi connectivity index (χ0v) is 11.4. The van der Waals surface area contributed by atoms with Gasteiger partial charge in [-0.1, -0.05) is 26.2 Å². The Morgan fingerprint density at radius 3 is 2.71 bits per heavy atom. The normalized spacial score (nSPS) is 38.3. The lowest BCUT2D eigenvalue weighted by molar-refractivity contribution is -0.0256. The zero-order chi connectivity index (χ0) is 11.7. The summed E-state index contributed by atoms with van der Waals surface area (Å²) in [6, 6.07) is 1.87. The molecule has 17 heavy (non-hydrogen) atoms. The molecule has 3 aliphatic rings. The summed E-state index contributed by atoms with van der Waals surface area (Å²) in [6.45, 7) is 5.08. The summed E-state index contributed by atoms with van der Waals surface area (Å²) >= 11 is 0. The Balaban J connectivity index is 1.63. The van der Waals surface area contributed by atoms with Crippen molar-refractivity contribution in [1.29, 1.82) is 0 Å². The van der Waals surface area contributed by atoms with Gasteiger partial charge in [0, 0.05) is 18.6 Å². The van der Waals surface area contributed by atoms with Gasteiger partial charge in [0.2, 0.25) is 0 Å². The van der Waals surface area contributed by atoms with Gasteiger partial charge in [-0.25, -0.2) is 0 Å². The molecule has 0 amide bonds. The van der Waals surface area contributed by atoms with E-state index in [4.69, 9.17) is 0 Å². The second-order valence-corrected chi connectivity index (χ2v) is 6.28. The Hall–Kier alpha value is -0.0800. The third-order valence-electron chi connectivity index (χ3n) is 5.22. The third-order valence-corrected chi connectivity index (χ3v) is 5.22. The van der Waals surface area contributed by atoms with Crippen molar-refractivity contribution in [2.24, 2.45) is 0 Å². The van der Waals surface area contributed by atoms with Crippen LogP contribution in [0.1, 0.15) is 64.7 Å². The minimum Gasteiger partial charge on any atom is -0.285 e. The second-order valence-electron chi connectivity index (χ2n) is 6.28. The quantitative estimate of drug-likeness (QED) is 0.692. The zero-order valence-electron chi connectivity index (χ0n) is 11.4. The number of rotatable bonds is 4. The third kappa shape index (κ3) is 2.26. The smallest absolute Gasteiger partial charge is 0.0627 e. The molecule has 0 radical (unpaired) electrons. The lowest BCUT2D eigenvalue weighted by Gasteiger charge is -2.47. The Morgan fingerprint density at radius 1 is 1.00 bits per heavy atom. The summed E-state index contributed by atoms with van der Waals surface area (Å²) in [7, 11) is 0. The van der Waals surface area contributed by atoms with Crippen molar-refractivity contribution in [2.45, 2.75) is 83.0 Å². The van der Waals surface area contributed by atoms with E-state index in [2.05, 4.69) is 16.7 Å². The van der Waals surface area contributed by atoms with E-state index in [1.54, 1.807) is 0 Å². The number of hydrogen-bond acceptors (Lipinski definition) is 2. The van der Waals surface area contributed by atoms with Gasteiger partial charge in [-0.05, 0) is 45.1 Å². The highest BCUT2D eigenvalue weighted by molar-refractivity contribution is 4.97. The predicted molar refractivity (Wildman–Crippen MR) is 72.0 cm³/mol. The second kappa shape index (κ2) is 5.27.